The first-order valence-corrected chi connectivity index (χ1v) is 6.44. The lowest BCUT2D eigenvalue weighted by Gasteiger charge is -2.14. The van der Waals surface area contributed by atoms with Gasteiger partial charge in [-0.25, -0.2) is 4.79 Å². The molecule has 4 nitrogen and oxygen atoms in total. The molecular formula is C11H11Cl2NO3S. The van der Waals surface area contributed by atoms with Gasteiger partial charge in [0.05, 0.1) is 15.6 Å². The molecule has 0 heterocycles. The van der Waals surface area contributed by atoms with Crippen molar-refractivity contribution in [1.82, 2.24) is 5.32 Å². The molecule has 0 saturated carbocycles. The molecule has 1 rings (SSSR count). The molecule has 0 saturated heterocycles. The van der Waals surface area contributed by atoms with Crippen molar-refractivity contribution in [3.8, 4) is 0 Å². The Kier molecular flexibility index (Phi) is 5.78. The van der Waals surface area contributed by atoms with Gasteiger partial charge in [-0.3, -0.25) is 4.79 Å². The Morgan fingerprint density at radius 3 is 2.33 bits per heavy atom. The SMILES string of the molecule is O=C(NC(CCS)C(=O)O)c1c(Cl)cccc1Cl. The zero-order valence-electron chi connectivity index (χ0n) is 9.19. The van der Waals surface area contributed by atoms with E-state index in [0.29, 0.717) is 5.75 Å². The van der Waals surface area contributed by atoms with Crippen molar-refractivity contribution in [3.05, 3.63) is 33.8 Å². The van der Waals surface area contributed by atoms with E-state index in [1.807, 2.05) is 0 Å². The number of hydrogen-bond acceptors (Lipinski definition) is 3. The second-order valence-corrected chi connectivity index (χ2v) is 4.73. The number of carboxylic acids is 1. The summed E-state index contributed by atoms with van der Waals surface area (Å²) in [6.45, 7) is 0. The number of benzene rings is 1. The summed E-state index contributed by atoms with van der Waals surface area (Å²) in [7, 11) is 0. The molecular weight excluding hydrogens is 297 g/mol. The quantitative estimate of drug-likeness (QED) is 0.732. The van der Waals surface area contributed by atoms with Crippen LogP contribution in [0.25, 0.3) is 0 Å². The molecule has 1 unspecified atom stereocenters. The molecule has 0 fully saturated rings. The van der Waals surface area contributed by atoms with Crippen molar-refractivity contribution in [2.75, 3.05) is 5.75 Å². The monoisotopic (exact) mass is 307 g/mol. The van der Waals surface area contributed by atoms with Crippen molar-refractivity contribution in [3.63, 3.8) is 0 Å². The fraction of sp³-hybridized carbons (Fsp3) is 0.273. The second kappa shape index (κ2) is 6.87. The number of nitrogens with one attached hydrogen (secondary N) is 1. The van der Waals surface area contributed by atoms with Gasteiger partial charge in [0.15, 0.2) is 0 Å². The maximum absolute atomic E-state index is 11.9. The van der Waals surface area contributed by atoms with Gasteiger partial charge in [-0.1, -0.05) is 29.3 Å². The summed E-state index contributed by atoms with van der Waals surface area (Å²) in [6.07, 6.45) is 0.215. The van der Waals surface area contributed by atoms with Crippen molar-refractivity contribution in [2.24, 2.45) is 0 Å². The normalized spacial score (nSPS) is 11.9. The van der Waals surface area contributed by atoms with Gasteiger partial charge in [0.2, 0.25) is 0 Å². The van der Waals surface area contributed by atoms with Crippen LogP contribution in [0.15, 0.2) is 18.2 Å². The van der Waals surface area contributed by atoms with Gasteiger partial charge in [0.1, 0.15) is 6.04 Å². The predicted octanol–water partition coefficient (Wildman–Crippen LogP) is 2.50. The van der Waals surface area contributed by atoms with E-state index in [0.717, 1.165) is 0 Å². The average molecular weight is 308 g/mol. The summed E-state index contributed by atoms with van der Waals surface area (Å²) in [5.41, 5.74) is 0.0752. The molecule has 1 aromatic carbocycles. The number of carboxylic acid groups (broad SMARTS) is 1. The molecule has 1 atom stereocenters. The smallest absolute Gasteiger partial charge is 0.326 e. The molecule has 0 aliphatic heterocycles. The van der Waals surface area contributed by atoms with Crippen LogP contribution >= 0.6 is 35.8 Å². The van der Waals surface area contributed by atoms with Crippen LogP contribution in [0.5, 0.6) is 0 Å². The molecule has 2 N–H and O–H groups in total. The molecule has 0 aliphatic carbocycles. The number of halogens is 2. The first kappa shape index (κ1) is 15.1. The number of aliphatic carboxylic acids is 1. The Bertz CT molecular complexity index is 447. The molecule has 98 valence electrons. The third kappa shape index (κ3) is 3.80. The van der Waals surface area contributed by atoms with E-state index < -0.39 is 17.9 Å². The largest absolute Gasteiger partial charge is 0.480 e. The highest BCUT2D eigenvalue weighted by molar-refractivity contribution is 7.80. The molecule has 7 heteroatoms. The van der Waals surface area contributed by atoms with Crippen LogP contribution in [0.3, 0.4) is 0 Å². The van der Waals surface area contributed by atoms with Crippen molar-refractivity contribution >= 4 is 47.7 Å². The third-order valence-electron chi connectivity index (χ3n) is 2.21. The van der Waals surface area contributed by atoms with E-state index >= 15 is 0 Å². The van der Waals surface area contributed by atoms with E-state index in [-0.39, 0.29) is 22.0 Å². The van der Waals surface area contributed by atoms with Crippen LogP contribution < -0.4 is 5.32 Å². The maximum Gasteiger partial charge on any atom is 0.326 e. The van der Waals surface area contributed by atoms with Crippen LogP contribution in [0.2, 0.25) is 10.0 Å². The molecule has 1 amide bonds. The topological polar surface area (TPSA) is 66.4 Å². The number of rotatable bonds is 5. The minimum Gasteiger partial charge on any atom is -0.480 e. The molecule has 0 aromatic heterocycles. The molecule has 0 radical (unpaired) electrons. The lowest BCUT2D eigenvalue weighted by atomic mass is 10.1. The van der Waals surface area contributed by atoms with Crippen LogP contribution in [0.1, 0.15) is 16.8 Å². The second-order valence-electron chi connectivity index (χ2n) is 3.47. The fourth-order valence-electron chi connectivity index (χ4n) is 1.33. The Hall–Kier alpha value is -0.910. The first-order valence-electron chi connectivity index (χ1n) is 5.06. The third-order valence-corrected chi connectivity index (χ3v) is 3.10. The van der Waals surface area contributed by atoms with Crippen molar-refractivity contribution < 1.29 is 14.7 Å². The van der Waals surface area contributed by atoms with Gasteiger partial charge in [-0.15, -0.1) is 0 Å². The number of carbonyl (C=O) groups is 2. The summed E-state index contributed by atoms with van der Waals surface area (Å²) in [6, 6.07) is 3.61. The summed E-state index contributed by atoms with van der Waals surface area (Å²) in [5, 5.41) is 11.6. The van der Waals surface area contributed by atoms with Gasteiger partial charge in [0, 0.05) is 0 Å². The fourth-order valence-corrected chi connectivity index (χ4v) is 2.16. The Morgan fingerprint density at radius 2 is 1.89 bits per heavy atom. The minimum absolute atomic E-state index is 0.0752. The summed E-state index contributed by atoms with van der Waals surface area (Å²) in [5.74, 6) is -1.40. The predicted molar refractivity (Wildman–Crippen MR) is 73.8 cm³/mol. The number of carbonyl (C=O) groups excluding carboxylic acids is 1. The maximum atomic E-state index is 11.9. The van der Waals surface area contributed by atoms with Gasteiger partial charge in [0.25, 0.3) is 5.91 Å². The van der Waals surface area contributed by atoms with E-state index in [4.69, 9.17) is 28.3 Å². The highest BCUT2D eigenvalue weighted by Crippen LogP contribution is 2.24. The van der Waals surface area contributed by atoms with E-state index in [1.165, 1.54) is 12.1 Å². The Morgan fingerprint density at radius 1 is 1.33 bits per heavy atom. The lowest BCUT2D eigenvalue weighted by molar-refractivity contribution is -0.139. The Labute approximate surface area is 120 Å². The van der Waals surface area contributed by atoms with Gasteiger partial charge >= 0.3 is 5.97 Å². The van der Waals surface area contributed by atoms with Crippen molar-refractivity contribution in [2.45, 2.75) is 12.5 Å². The molecule has 0 aliphatic rings. The molecule has 0 spiro atoms. The molecule has 1 aromatic rings. The lowest BCUT2D eigenvalue weighted by Crippen LogP contribution is -2.41. The summed E-state index contributed by atoms with van der Waals surface area (Å²) in [4.78, 5) is 22.8. The highest BCUT2D eigenvalue weighted by Gasteiger charge is 2.22. The number of amides is 1. The Balaban J connectivity index is 2.90. The van der Waals surface area contributed by atoms with E-state index in [9.17, 15) is 9.59 Å². The van der Waals surface area contributed by atoms with Crippen LogP contribution in [0.4, 0.5) is 0 Å². The number of hydrogen-bond donors (Lipinski definition) is 3. The first-order chi connectivity index (χ1) is 8.47. The van der Waals surface area contributed by atoms with Gasteiger partial charge in [-0.2, -0.15) is 12.6 Å². The van der Waals surface area contributed by atoms with Gasteiger partial charge < -0.3 is 10.4 Å². The minimum atomic E-state index is -1.12. The van der Waals surface area contributed by atoms with E-state index in [1.54, 1.807) is 6.07 Å². The van der Waals surface area contributed by atoms with Crippen LogP contribution in [-0.4, -0.2) is 28.8 Å². The highest BCUT2D eigenvalue weighted by atomic mass is 35.5. The summed E-state index contributed by atoms with van der Waals surface area (Å²) < 4.78 is 0. The average Bonchev–Trinajstić information content (AvgIpc) is 2.28. The van der Waals surface area contributed by atoms with Gasteiger partial charge in [-0.05, 0) is 24.3 Å². The molecule has 18 heavy (non-hydrogen) atoms. The number of thiol groups is 1. The van der Waals surface area contributed by atoms with Crippen LogP contribution in [-0.2, 0) is 4.79 Å². The standard InChI is InChI=1S/C11H11Cl2NO3S/c12-6-2-1-3-7(13)9(6)10(15)14-8(4-5-18)11(16)17/h1-3,8,18H,4-5H2,(H,14,15)(H,16,17). The molecule has 0 bridgehead atoms. The summed E-state index contributed by atoms with van der Waals surface area (Å²) >= 11 is 15.7. The zero-order valence-corrected chi connectivity index (χ0v) is 11.6. The van der Waals surface area contributed by atoms with Crippen LogP contribution in [0, 0.1) is 0 Å². The van der Waals surface area contributed by atoms with E-state index in [2.05, 4.69) is 17.9 Å². The zero-order chi connectivity index (χ0) is 13.7. The van der Waals surface area contributed by atoms with Crippen molar-refractivity contribution in [1.29, 1.82) is 0 Å².